The van der Waals surface area contributed by atoms with E-state index in [1.165, 1.54) is 0 Å². The number of halogens is 2. The fraction of sp³-hybridized carbons (Fsp3) is 0.400. The number of ether oxygens (including phenoxy) is 1. The van der Waals surface area contributed by atoms with Gasteiger partial charge in [-0.1, -0.05) is 34.1 Å². The topological polar surface area (TPSA) is 9.23 Å². The molecule has 0 heterocycles. The second-order valence-electron chi connectivity index (χ2n) is 2.70. The fourth-order valence-electron chi connectivity index (χ4n) is 0.905. The Hall–Kier alpha value is -0.210. The summed E-state index contributed by atoms with van der Waals surface area (Å²) in [4.78, 5) is 0. The molecule has 0 N–H and O–H groups in total. The van der Waals surface area contributed by atoms with E-state index in [0.29, 0.717) is 6.61 Å². The lowest BCUT2D eigenvalue weighted by atomic mass is 10.3. The van der Waals surface area contributed by atoms with E-state index < -0.39 is 0 Å². The average molecular weight is 264 g/mol. The van der Waals surface area contributed by atoms with Crippen molar-refractivity contribution in [3.63, 3.8) is 0 Å². The molecule has 0 aromatic heterocycles. The molecule has 0 bridgehead atoms. The molecule has 0 aliphatic heterocycles. The van der Waals surface area contributed by atoms with Gasteiger partial charge in [-0.25, -0.2) is 0 Å². The molecule has 1 aromatic rings. The zero-order chi connectivity index (χ0) is 9.52. The van der Waals surface area contributed by atoms with Gasteiger partial charge in [0.05, 0.1) is 5.38 Å². The molecule has 1 nitrogen and oxygen atoms in total. The molecule has 0 amide bonds. The second-order valence-corrected chi connectivity index (χ2v) is 4.11. The molecule has 0 aliphatic rings. The monoisotopic (exact) mass is 262 g/mol. The highest BCUT2D eigenvalue weighted by molar-refractivity contribution is 9.09. The van der Waals surface area contributed by atoms with Gasteiger partial charge in [0.15, 0.2) is 0 Å². The number of alkyl halides is 2. The number of rotatable bonds is 5. The van der Waals surface area contributed by atoms with E-state index in [1.54, 1.807) is 0 Å². The van der Waals surface area contributed by atoms with Crippen molar-refractivity contribution >= 4 is 27.5 Å². The van der Waals surface area contributed by atoms with Crippen LogP contribution in [0.2, 0.25) is 0 Å². The zero-order valence-corrected chi connectivity index (χ0v) is 9.59. The largest absolute Gasteiger partial charge is 0.492 e. The van der Waals surface area contributed by atoms with Crippen molar-refractivity contribution in [1.82, 2.24) is 0 Å². The minimum absolute atomic E-state index is 0.0829. The number of hydrogen-bond acceptors (Lipinski definition) is 1. The Bertz CT molecular complexity index is 228. The van der Waals surface area contributed by atoms with Crippen LogP contribution in [0.25, 0.3) is 0 Å². The van der Waals surface area contributed by atoms with Crippen molar-refractivity contribution in [3.8, 4) is 5.75 Å². The predicted molar refractivity (Wildman–Crippen MR) is 60.0 cm³/mol. The van der Waals surface area contributed by atoms with Gasteiger partial charge < -0.3 is 4.74 Å². The summed E-state index contributed by atoms with van der Waals surface area (Å²) in [5.41, 5.74) is 0. The summed E-state index contributed by atoms with van der Waals surface area (Å²) in [6, 6.07) is 9.71. The molecular formula is C10H12BrClO. The van der Waals surface area contributed by atoms with Gasteiger partial charge in [-0.05, 0) is 18.6 Å². The number of para-hydroxylation sites is 1. The highest BCUT2D eigenvalue weighted by atomic mass is 79.9. The number of hydrogen-bond donors (Lipinski definition) is 0. The first kappa shape index (κ1) is 10.9. The maximum atomic E-state index is 5.98. The fourth-order valence-corrected chi connectivity index (χ4v) is 1.89. The Morgan fingerprint density at radius 2 is 2.00 bits per heavy atom. The van der Waals surface area contributed by atoms with E-state index in [4.69, 9.17) is 16.3 Å². The van der Waals surface area contributed by atoms with Gasteiger partial charge in [-0.2, -0.15) is 0 Å². The summed E-state index contributed by atoms with van der Waals surface area (Å²) in [6.07, 6.45) is 0.925. The third kappa shape index (κ3) is 4.53. The summed E-state index contributed by atoms with van der Waals surface area (Å²) in [6.45, 7) is 0.567. The molecule has 0 radical (unpaired) electrons. The van der Waals surface area contributed by atoms with Crippen LogP contribution in [0.15, 0.2) is 30.3 Å². The molecular weight excluding hydrogens is 251 g/mol. The van der Waals surface area contributed by atoms with Crippen LogP contribution in [-0.4, -0.2) is 17.3 Å². The highest BCUT2D eigenvalue weighted by Crippen LogP contribution is 2.11. The third-order valence-electron chi connectivity index (χ3n) is 1.60. The van der Waals surface area contributed by atoms with E-state index in [0.717, 1.165) is 17.5 Å². The normalized spacial score (nSPS) is 12.5. The van der Waals surface area contributed by atoms with Crippen LogP contribution in [0.3, 0.4) is 0 Å². The van der Waals surface area contributed by atoms with Crippen LogP contribution in [0.1, 0.15) is 6.42 Å². The molecule has 0 spiro atoms. The minimum Gasteiger partial charge on any atom is -0.492 e. The molecule has 13 heavy (non-hydrogen) atoms. The second kappa shape index (κ2) is 6.28. The van der Waals surface area contributed by atoms with Crippen molar-refractivity contribution in [2.24, 2.45) is 0 Å². The van der Waals surface area contributed by atoms with Gasteiger partial charge >= 0.3 is 0 Å². The Kier molecular flexibility index (Phi) is 5.25. The first-order chi connectivity index (χ1) is 6.33. The van der Waals surface area contributed by atoms with Crippen LogP contribution >= 0.6 is 27.5 Å². The standard InChI is InChI=1S/C10H12BrClO/c11-7-6-9(12)8-13-10-4-2-1-3-5-10/h1-5,9H,6-8H2. The minimum atomic E-state index is 0.0829. The molecule has 0 saturated heterocycles. The molecule has 1 atom stereocenters. The lowest BCUT2D eigenvalue weighted by Crippen LogP contribution is -2.11. The van der Waals surface area contributed by atoms with Gasteiger partial charge in [0.2, 0.25) is 0 Å². The smallest absolute Gasteiger partial charge is 0.119 e. The average Bonchev–Trinajstić information content (AvgIpc) is 2.17. The van der Waals surface area contributed by atoms with Gasteiger partial charge in [-0.3, -0.25) is 0 Å². The quantitative estimate of drug-likeness (QED) is 0.739. The van der Waals surface area contributed by atoms with E-state index >= 15 is 0 Å². The van der Waals surface area contributed by atoms with Gasteiger partial charge in [0.1, 0.15) is 12.4 Å². The Balaban J connectivity index is 2.27. The van der Waals surface area contributed by atoms with Crippen molar-refractivity contribution in [1.29, 1.82) is 0 Å². The van der Waals surface area contributed by atoms with E-state index in [1.807, 2.05) is 30.3 Å². The molecule has 0 saturated carbocycles. The maximum absolute atomic E-state index is 5.98. The summed E-state index contributed by atoms with van der Waals surface area (Å²) in [5, 5.41) is 0.999. The van der Waals surface area contributed by atoms with Crippen molar-refractivity contribution in [3.05, 3.63) is 30.3 Å². The van der Waals surface area contributed by atoms with E-state index in [9.17, 15) is 0 Å². The van der Waals surface area contributed by atoms with Crippen molar-refractivity contribution in [2.45, 2.75) is 11.8 Å². The molecule has 3 heteroatoms. The molecule has 0 aliphatic carbocycles. The maximum Gasteiger partial charge on any atom is 0.119 e. The Morgan fingerprint density at radius 1 is 1.31 bits per heavy atom. The lowest BCUT2D eigenvalue weighted by Gasteiger charge is -2.09. The summed E-state index contributed by atoms with van der Waals surface area (Å²) >= 11 is 9.31. The van der Waals surface area contributed by atoms with E-state index in [-0.39, 0.29) is 5.38 Å². The van der Waals surface area contributed by atoms with Gasteiger partial charge in [0, 0.05) is 5.33 Å². The van der Waals surface area contributed by atoms with Gasteiger partial charge in [0.25, 0.3) is 0 Å². The van der Waals surface area contributed by atoms with Crippen LogP contribution in [0.5, 0.6) is 5.75 Å². The predicted octanol–water partition coefficient (Wildman–Crippen LogP) is 3.46. The SMILES string of the molecule is ClC(CCBr)COc1ccccc1. The van der Waals surface area contributed by atoms with Crippen LogP contribution in [0, 0.1) is 0 Å². The number of benzene rings is 1. The van der Waals surface area contributed by atoms with Crippen LogP contribution in [-0.2, 0) is 0 Å². The van der Waals surface area contributed by atoms with Gasteiger partial charge in [-0.15, -0.1) is 11.6 Å². The van der Waals surface area contributed by atoms with Crippen LogP contribution in [0.4, 0.5) is 0 Å². The first-order valence-corrected chi connectivity index (χ1v) is 5.76. The summed E-state index contributed by atoms with van der Waals surface area (Å²) in [7, 11) is 0. The van der Waals surface area contributed by atoms with Crippen molar-refractivity contribution < 1.29 is 4.74 Å². The highest BCUT2D eigenvalue weighted by Gasteiger charge is 2.03. The first-order valence-electron chi connectivity index (χ1n) is 4.21. The molecule has 72 valence electrons. The molecule has 1 unspecified atom stereocenters. The van der Waals surface area contributed by atoms with Crippen LogP contribution < -0.4 is 4.74 Å². The molecule has 0 fully saturated rings. The summed E-state index contributed by atoms with van der Waals surface area (Å²) < 4.78 is 5.47. The molecule has 1 rings (SSSR count). The Morgan fingerprint density at radius 3 is 2.62 bits per heavy atom. The van der Waals surface area contributed by atoms with Crippen molar-refractivity contribution in [2.75, 3.05) is 11.9 Å². The summed E-state index contributed by atoms with van der Waals surface area (Å²) in [5.74, 6) is 0.878. The third-order valence-corrected chi connectivity index (χ3v) is 2.40. The lowest BCUT2D eigenvalue weighted by molar-refractivity contribution is 0.313. The molecule has 1 aromatic carbocycles. The van der Waals surface area contributed by atoms with E-state index in [2.05, 4.69) is 15.9 Å². The Labute approximate surface area is 92.2 Å². The zero-order valence-electron chi connectivity index (χ0n) is 7.25.